The summed E-state index contributed by atoms with van der Waals surface area (Å²) >= 11 is 0. The van der Waals surface area contributed by atoms with Crippen LogP contribution in [0.25, 0.3) is 0 Å². The molecule has 1 aromatic rings. The summed E-state index contributed by atoms with van der Waals surface area (Å²) in [4.78, 5) is 13.4. The van der Waals surface area contributed by atoms with E-state index in [1.807, 2.05) is 13.8 Å². The average molecular weight is 269 g/mol. The molecule has 0 bridgehead atoms. The van der Waals surface area contributed by atoms with E-state index in [1.165, 1.54) is 4.90 Å². The minimum Gasteiger partial charge on any atom is -0.339 e. The summed E-state index contributed by atoms with van der Waals surface area (Å²) in [6.07, 6.45) is 1.22. The smallest absolute Gasteiger partial charge is 0.222 e. The van der Waals surface area contributed by atoms with Crippen LogP contribution in [0.3, 0.4) is 0 Å². The summed E-state index contributed by atoms with van der Waals surface area (Å²) in [5.41, 5.74) is 0.209. The van der Waals surface area contributed by atoms with E-state index in [-0.39, 0.29) is 11.5 Å². The zero-order chi connectivity index (χ0) is 14.6. The van der Waals surface area contributed by atoms with Crippen molar-refractivity contribution < 1.29 is 13.6 Å². The van der Waals surface area contributed by atoms with Crippen molar-refractivity contribution in [2.75, 3.05) is 7.05 Å². The molecule has 1 rings (SSSR count). The Balaban J connectivity index is 2.78. The molecule has 1 unspecified atom stereocenters. The molecule has 0 aromatic heterocycles. The van der Waals surface area contributed by atoms with Crippen LogP contribution in [0.2, 0.25) is 0 Å². The summed E-state index contributed by atoms with van der Waals surface area (Å²) < 4.78 is 26.8. The molecule has 0 aliphatic heterocycles. The van der Waals surface area contributed by atoms with Crippen LogP contribution >= 0.6 is 0 Å². The normalized spacial score (nSPS) is 12.6. The molecule has 0 aliphatic rings. The molecule has 2 nitrogen and oxygen atoms in total. The van der Waals surface area contributed by atoms with E-state index in [0.29, 0.717) is 12.3 Å². The fourth-order valence-electron chi connectivity index (χ4n) is 1.85. The number of amides is 1. The van der Waals surface area contributed by atoms with Crippen LogP contribution in [-0.2, 0) is 4.79 Å². The van der Waals surface area contributed by atoms with E-state index >= 15 is 0 Å². The quantitative estimate of drug-likeness (QED) is 0.793. The Labute approximate surface area is 113 Å². The first-order chi connectivity index (χ1) is 8.82. The topological polar surface area (TPSA) is 20.3 Å². The van der Waals surface area contributed by atoms with E-state index in [9.17, 15) is 13.6 Å². The molecular weight excluding hydrogens is 248 g/mol. The van der Waals surface area contributed by atoms with Crippen LogP contribution < -0.4 is 0 Å². The van der Waals surface area contributed by atoms with Gasteiger partial charge in [-0.15, -0.1) is 0 Å². The number of carbonyl (C=O) groups excluding carboxylic acids is 1. The highest BCUT2D eigenvalue weighted by molar-refractivity contribution is 5.76. The average Bonchev–Trinajstić information content (AvgIpc) is 2.37. The molecule has 106 valence electrons. The van der Waals surface area contributed by atoms with Crippen LogP contribution in [0, 0.1) is 17.6 Å². The van der Waals surface area contributed by atoms with E-state index in [1.54, 1.807) is 14.0 Å². The molecule has 4 heteroatoms. The molecule has 0 saturated heterocycles. The van der Waals surface area contributed by atoms with Gasteiger partial charge in [0.25, 0.3) is 0 Å². The van der Waals surface area contributed by atoms with Crippen LogP contribution in [-0.4, -0.2) is 17.9 Å². The third-order valence-corrected chi connectivity index (χ3v) is 3.32. The molecule has 0 aliphatic carbocycles. The molecule has 0 N–H and O–H groups in total. The molecule has 0 saturated carbocycles. The Morgan fingerprint density at radius 3 is 2.47 bits per heavy atom. The summed E-state index contributed by atoms with van der Waals surface area (Å²) in [6.45, 7) is 5.79. The lowest BCUT2D eigenvalue weighted by atomic mass is 10.0. The second kappa shape index (κ2) is 6.64. The van der Waals surface area contributed by atoms with Crippen LogP contribution in [0.15, 0.2) is 18.2 Å². The second-order valence-electron chi connectivity index (χ2n) is 5.28. The van der Waals surface area contributed by atoms with Gasteiger partial charge in [0.1, 0.15) is 11.6 Å². The first kappa shape index (κ1) is 15.6. The largest absolute Gasteiger partial charge is 0.339 e. The van der Waals surface area contributed by atoms with Crippen LogP contribution in [0.4, 0.5) is 8.78 Å². The Bertz CT molecular complexity index is 446. The summed E-state index contributed by atoms with van der Waals surface area (Å²) in [5.74, 6) is -0.591. The lowest BCUT2D eigenvalue weighted by molar-refractivity contribution is -0.132. The Kier molecular flexibility index (Phi) is 5.45. The fraction of sp³-hybridized carbons (Fsp3) is 0.533. The Morgan fingerprint density at radius 2 is 1.89 bits per heavy atom. The molecular formula is C15H21F2NO. The van der Waals surface area contributed by atoms with Crippen molar-refractivity contribution in [3.63, 3.8) is 0 Å². The molecule has 1 aromatic carbocycles. The van der Waals surface area contributed by atoms with Gasteiger partial charge < -0.3 is 4.90 Å². The summed E-state index contributed by atoms with van der Waals surface area (Å²) in [7, 11) is 1.62. The second-order valence-corrected chi connectivity index (χ2v) is 5.28. The monoisotopic (exact) mass is 269 g/mol. The molecule has 19 heavy (non-hydrogen) atoms. The Morgan fingerprint density at radius 1 is 1.26 bits per heavy atom. The van der Waals surface area contributed by atoms with Crippen molar-refractivity contribution in [2.45, 2.75) is 39.7 Å². The predicted octanol–water partition coefficient (Wildman–Crippen LogP) is 3.92. The molecule has 1 amide bonds. The van der Waals surface area contributed by atoms with E-state index < -0.39 is 17.7 Å². The maximum atomic E-state index is 13.7. The first-order valence-electron chi connectivity index (χ1n) is 6.53. The maximum Gasteiger partial charge on any atom is 0.222 e. The van der Waals surface area contributed by atoms with Gasteiger partial charge in [-0.2, -0.15) is 0 Å². The number of hydrogen-bond acceptors (Lipinski definition) is 1. The number of nitrogens with zero attached hydrogens (tertiary/aromatic N) is 1. The first-order valence-corrected chi connectivity index (χ1v) is 6.53. The van der Waals surface area contributed by atoms with Gasteiger partial charge >= 0.3 is 0 Å². The van der Waals surface area contributed by atoms with Gasteiger partial charge in [0.15, 0.2) is 0 Å². The van der Waals surface area contributed by atoms with Crippen molar-refractivity contribution >= 4 is 5.91 Å². The predicted molar refractivity (Wildman–Crippen MR) is 71.6 cm³/mol. The number of hydrogen-bond donors (Lipinski definition) is 0. The highest BCUT2D eigenvalue weighted by Gasteiger charge is 2.20. The minimum absolute atomic E-state index is 0.0511. The third kappa shape index (κ3) is 4.30. The van der Waals surface area contributed by atoms with Gasteiger partial charge in [-0.1, -0.05) is 13.8 Å². The molecule has 0 heterocycles. The van der Waals surface area contributed by atoms with Crippen molar-refractivity contribution in [3.8, 4) is 0 Å². The highest BCUT2D eigenvalue weighted by atomic mass is 19.1. The SMILES string of the molecule is CC(C)CCC(=O)N(C)C(C)c1cc(F)ccc1F. The van der Waals surface area contributed by atoms with E-state index in [0.717, 1.165) is 24.6 Å². The molecule has 1 atom stereocenters. The van der Waals surface area contributed by atoms with Gasteiger partial charge in [0, 0.05) is 19.0 Å². The number of benzene rings is 1. The minimum atomic E-state index is -0.494. The van der Waals surface area contributed by atoms with E-state index in [2.05, 4.69) is 0 Å². The molecule has 0 radical (unpaired) electrons. The lowest BCUT2D eigenvalue weighted by Crippen LogP contribution is -2.30. The lowest BCUT2D eigenvalue weighted by Gasteiger charge is -2.26. The van der Waals surface area contributed by atoms with Crippen molar-refractivity contribution in [1.29, 1.82) is 0 Å². The zero-order valence-corrected chi connectivity index (χ0v) is 11.9. The summed E-state index contributed by atoms with van der Waals surface area (Å²) in [6, 6.07) is 2.83. The summed E-state index contributed by atoms with van der Waals surface area (Å²) in [5, 5.41) is 0. The van der Waals surface area contributed by atoms with Gasteiger partial charge in [-0.3, -0.25) is 4.79 Å². The van der Waals surface area contributed by atoms with Gasteiger partial charge in [0.05, 0.1) is 6.04 Å². The standard InChI is InChI=1S/C15H21F2NO/c1-10(2)5-8-15(19)18(4)11(3)13-9-12(16)6-7-14(13)17/h6-7,9-11H,5,8H2,1-4H3. The van der Waals surface area contributed by atoms with E-state index in [4.69, 9.17) is 0 Å². The third-order valence-electron chi connectivity index (χ3n) is 3.32. The maximum absolute atomic E-state index is 13.7. The van der Waals surface area contributed by atoms with Crippen molar-refractivity contribution in [2.24, 2.45) is 5.92 Å². The van der Waals surface area contributed by atoms with Gasteiger partial charge in [-0.05, 0) is 37.5 Å². The number of rotatable bonds is 5. The fourth-order valence-corrected chi connectivity index (χ4v) is 1.85. The van der Waals surface area contributed by atoms with Crippen LogP contribution in [0.5, 0.6) is 0 Å². The van der Waals surface area contributed by atoms with Crippen LogP contribution in [0.1, 0.15) is 45.2 Å². The Hall–Kier alpha value is -1.45. The number of halogens is 2. The zero-order valence-electron chi connectivity index (χ0n) is 11.9. The van der Waals surface area contributed by atoms with Gasteiger partial charge in [-0.25, -0.2) is 8.78 Å². The molecule has 0 fully saturated rings. The van der Waals surface area contributed by atoms with Gasteiger partial charge in [0.2, 0.25) is 5.91 Å². The number of carbonyl (C=O) groups is 1. The highest BCUT2D eigenvalue weighted by Crippen LogP contribution is 2.23. The molecule has 0 spiro atoms. The van der Waals surface area contributed by atoms with Crippen molar-refractivity contribution in [3.05, 3.63) is 35.4 Å². The van der Waals surface area contributed by atoms with Crippen molar-refractivity contribution in [1.82, 2.24) is 4.90 Å².